The first-order valence-corrected chi connectivity index (χ1v) is 8.12. The summed E-state index contributed by atoms with van der Waals surface area (Å²) in [6.07, 6.45) is 0. The Balaban J connectivity index is 1.66. The lowest BCUT2D eigenvalue weighted by atomic mass is 10.1. The van der Waals surface area contributed by atoms with E-state index in [2.05, 4.69) is 5.16 Å². The smallest absolute Gasteiger partial charge is 0.259 e. The maximum absolute atomic E-state index is 12.6. The Hall–Kier alpha value is -2.83. The predicted molar refractivity (Wildman–Crippen MR) is 90.3 cm³/mol. The summed E-state index contributed by atoms with van der Waals surface area (Å²) in [4.78, 5) is 28.4. The van der Waals surface area contributed by atoms with Gasteiger partial charge in [0.2, 0.25) is 5.91 Å². The monoisotopic (exact) mass is 343 g/mol. The zero-order chi connectivity index (χ0) is 18.0. The molecule has 1 saturated heterocycles. The quantitative estimate of drug-likeness (QED) is 0.846. The highest BCUT2D eigenvalue weighted by molar-refractivity contribution is 5.98. The van der Waals surface area contributed by atoms with E-state index in [1.807, 2.05) is 24.3 Å². The van der Waals surface area contributed by atoms with Crippen LogP contribution in [0, 0.1) is 13.8 Å². The summed E-state index contributed by atoms with van der Waals surface area (Å²) in [6.45, 7) is 4.97. The van der Waals surface area contributed by atoms with Crippen LogP contribution in [0.4, 0.5) is 0 Å². The second kappa shape index (κ2) is 6.96. The van der Waals surface area contributed by atoms with Gasteiger partial charge in [-0.2, -0.15) is 0 Å². The van der Waals surface area contributed by atoms with Gasteiger partial charge in [-0.05, 0) is 31.5 Å². The number of amides is 2. The molecule has 0 atom stereocenters. The molecule has 2 heterocycles. The van der Waals surface area contributed by atoms with Gasteiger partial charge in [-0.15, -0.1) is 0 Å². The van der Waals surface area contributed by atoms with E-state index in [4.69, 9.17) is 9.26 Å². The number of methoxy groups -OCH3 is 1. The van der Waals surface area contributed by atoms with Gasteiger partial charge in [0.1, 0.15) is 23.6 Å². The highest BCUT2D eigenvalue weighted by Crippen LogP contribution is 2.19. The number of carbonyl (C=O) groups is 2. The van der Waals surface area contributed by atoms with Crippen molar-refractivity contribution in [2.75, 3.05) is 26.7 Å². The molecule has 0 bridgehead atoms. The first-order chi connectivity index (χ1) is 12.0. The van der Waals surface area contributed by atoms with Gasteiger partial charge >= 0.3 is 0 Å². The fourth-order valence-corrected chi connectivity index (χ4v) is 2.99. The van der Waals surface area contributed by atoms with Crippen molar-refractivity contribution in [3.8, 4) is 5.75 Å². The number of nitrogens with zero attached hydrogens (tertiary/aromatic N) is 3. The maximum atomic E-state index is 12.6. The molecule has 2 aromatic rings. The van der Waals surface area contributed by atoms with E-state index in [0.717, 1.165) is 11.3 Å². The summed E-state index contributed by atoms with van der Waals surface area (Å²) < 4.78 is 10.3. The summed E-state index contributed by atoms with van der Waals surface area (Å²) in [5.41, 5.74) is 2.00. The van der Waals surface area contributed by atoms with E-state index >= 15 is 0 Å². The van der Waals surface area contributed by atoms with Gasteiger partial charge in [0, 0.05) is 19.6 Å². The van der Waals surface area contributed by atoms with Crippen molar-refractivity contribution in [2.24, 2.45) is 0 Å². The van der Waals surface area contributed by atoms with Crippen molar-refractivity contribution in [1.29, 1.82) is 0 Å². The van der Waals surface area contributed by atoms with Gasteiger partial charge in [-0.25, -0.2) is 0 Å². The molecule has 3 rings (SSSR count). The van der Waals surface area contributed by atoms with Gasteiger partial charge in [-0.3, -0.25) is 9.59 Å². The molecular weight excluding hydrogens is 322 g/mol. The first kappa shape index (κ1) is 17.0. The Kier molecular flexibility index (Phi) is 4.74. The minimum Gasteiger partial charge on any atom is -0.497 e. The minimum absolute atomic E-state index is 0.0624. The Morgan fingerprint density at radius 2 is 2.12 bits per heavy atom. The van der Waals surface area contributed by atoms with Crippen LogP contribution in [-0.4, -0.2) is 53.5 Å². The zero-order valence-corrected chi connectivity index (χ0v) is 14.6. The number of ether oxygens (including phenoxy) is 1. The third-order valence-electron chi connectivity index (χ3n) is 4.36. The molecule has 7 nitrogen and oxygen atoms in total. The molecule has 0 N–H and O–H groups in total. The molecule has 2 amide bonds. The highest BCUT2D eigenvalue weighted by atomic mass is 16.5. The molecule has 0 unspecified atom stereocenters. The van der Waals surface area contributed by atoms with Crippen LogP contribution in [-0.2, 0) is 11.3 Å². The van der Waals surface area contributed by atoms with Gasteiger partial charge < -0.3 is 19.1 Å². The predicted octanol–water partition coefficient (Wildman–Crippen LogP) is 1.78. The Morgan fingerprint density at radius 1 is 1.32 bits per heavy atom. The molecule has 1 aliphatic heterocycles. The second-order valence-electron chi connectivity index (χ2n) is 6.09. The molecule has 1 fully saturated rings. The van der Waals surface area contributed by atoms with Crippen molar-refractivity contribution in [3.63, 3.8) is 0 Å². The number of carbonyl (C=O) groups excluding carboxylic acids is 2. The molecule has 1 aliphatic rings. The van der Waals surface area contributed by atoms with Crippen LogP contribution in [0.2, 0.25) is 0 Å². The molecule has 0 radical (unpaired) electrons. The van der Waals surface area contributed by atoms with Gasteiger partial charge in [-0.1, -0.05) is 17.3 Å². The molecular formula is C18H21N3O4. The van der Waals surface area contributed by atoms with Crippen LogP contribution in [0.15, 0.2) is 28.8 Å². The van der Waals surface area contributed by atoms with Gasteiger partial charge in [0.05, 0.1) is 12.8 Å². The number of hydrogen-bond donors (Lipinski definition) is 0. The molecule has 1 aromatic carbocycles. The van der Waals surface area contributed by atoms with E-state index < -0.39 is 0 Å². The summed E-state index contributed by atoms with van der Waals surface area (Å²) in [7, 11) is 1.61. The highest BCUT2D eigenvalue weighted by Gasteiger charge is 2.30. The number of rotatable bonds is 4. The Morgan fingerprint density at radius 3 is 2.76 bits per heavy atom. The summed E-state index contributed by atoms with van der Waals surface area (Å²) >= 11 is 0. The Labute approximate surface area is 146 Å². The standard InChI is InChI=1S/C18H21N3O4/c1-12-17(13(2)25-19-12)18(23)21-8-7-20(16(22)11-21)10-14-5-4-6-15(9-14)24-3/h4-6,9H,7-8,10-11H2,1-3H3. The van der Waals surface area contributed by atoms with Crippen molar-refractivity contribution in [3.05, 3.63) is 46.8 Å². The summed E-state index contributed by atoms with van der Waals surface area (Å²) in [5, 5.41) is 3.81. The molecule has 1 aromatic heterocycles. The molecule has 0 spiro atoms. The number of benzene rings is 1. The van der Waals surface area contributed by atoms with E-state index in [1.165, 1.54) is 0 Å². The number of aromatic nitrogens is 1. The lowest BCUT2D eigenvalue weighted by Crippen LogP contribution is -2.51. The van der Waals surface area contributed by atoms with Crippen LogP contribution < -0.4 is 4.74 Å². The SMILES string of the molecule is COc1cccc(CN2CCN(C(=O)c3c(C)noc3C)CC2=O)c1. The minimum atomic E-state index is -0.203. The van der Waals surface area contributed by atoms with Crippen molar-refractivity contribution >= 4 is 11.8 Å². The van der Waals surface area contributed by atoms with Crippen molar-refractivity contribution < 1.29 is 18.8 Å². The van der Waals surface area contributed by atoms with Crippen LogP contribution in [0.5, 0.6) is 5.75 Å². The molecule has 7 heteroatoms. The third kappa shape index (κ3) is 3.50. The number of piperazine rings is 1. The summed E-state index contributed by atoms with van der Waals surface area (Å²) in [6, 6.07) is 7.63. The maximum Gasteiger partial charge on any atom is 0.259 e. The molecule has 0 aliphatic carbocycles. The normalized spacial score (nSPS) is 14.8. The lowest BCUT2D eigenvalue weighted by Gasteiger charge is -2.34. The average molecular weight is 343 g/mol. The largest absolute Gasteiger partial charge is 0.497 e. The fourth-order valence-electron chi connectivity index (χ4n) is 2.99. The fraction of sp³-hybridized carbons (Fsp3) is 0.389. The zero-order valence-electron chi connectivity index (χ0n) is 14.6. The van der Waals surface area contributed by atoms with Gasteiger partial charge in [0.15, 0.2) is 0 Å². The summed E-state index contributed by atoms with van der Waals surface area (Å²) in [5.74, 6) is 0.964. The van der Waals surface area contributed by atoms with Crippen LogP contribution in [0.3, 0.4) is 0 Å². The van der Waals surface area contributed by atoms with E-state index in [-0.39, 0.29) is 18.4 Å². The van der Waals surface area contributed by atoms with E-state index in [1.54, 1.807) is 30.8 Å². The average Bonchev–Trinajstić information content (AvgIpc) is 2.95. The Bertz CT molecular complexity index is 780. The molecule has 132 valence electrons. The van der Waals surface area contributed by atoms with Crippen molar-refractivity contribution in [1.82, 2.24) is 15.0 Å². The number of aryl methyl sites for hydroxylation is 2. The van der Waals surface area contributed by atoms with Crippen LogP contribution in [0.25, 0.3) is 0 Å². The lowest BCUT2D eigenvalue weighted by molar-refractivity contribution is -0.135. The van der Waals surface area contributed by atoms with E-state index in [0.29, 0.717) is 36.7 Å². The molecule has 25 heavy (non-hydrogen) atoms. The van der Waals surface area contributed by atoms with Crippen LogP contribution in [0.1, 0.15) is 27.4 Å². The topological polar surface area (TPSA) is 75.9 Å². The number of hydrogen-bond acceptors (Lipinski definition) is 5. The van der Waals surface area contributed by atoms with Gasteiger partial charge in [0.25, 0.3) is 5.91 Å². The van der Waals surface area contributed by atoms with Crippen LogP contribution >= 0.6 is 0 Å². The molecule has 0 saturated carbocycles. The first-order valence-electron chi connectivity index (χ1n) is 8.12. The third-order valence-corrected chi connectivity index (χ3v) is 4.36. The van der Waals surface area contributed by atoms with Crippen molar-refractivity contribution in [2.45, 2.75) is 20.4 Å². The second-order valence-corrected chi connectivity index (χ2v) is 6.09. The van der Waals surface area contributed by atoms with E-state index in [9.17, 15) is 9.59 Å².